The van der Waals surface area contributed by atoms with Crippen molar-refractivity contribution in [3.63, 3.8) is 0 Å². The SMILES string of the molecule is COc1ccc(-c2cc(C(=O)Nc3nc4ccc(S(C)(=O)=O)cc4s3)c3ccccc3n2)cc1OC. The summed E-state index contributed by atoms with van der Waals surface area (Å²) >= 11 is 1.21. The summed E-state index contributed by atoms with van der Waals surface area (Å²) in [5.74, 6) is 0.798. The number of sulfone groups is 1. The molecule has 0 atom stereocenters. The maximum absolute atomic E-state index is 13.4. The van der Waals surface area contributed by atoms with E-state index in [1.54, 1.807) is 38.5 Å². The largest absolute Gasteiger partial charge is 0.493 e. The third-order valence-electron chi connectivity index (χ3n) is 5.65. The van der Waals surface area contributed by atoms with Crippen LogP contribution in [-0.2, 0) is 9.84 Å². The number of nitrogens with one attached hydrogen (secondary N) is 1. The molecular weight excluding hydrogens is 498 g/mol. The van der Waals surface area contributed by atoms with Crippen molar-refractivity contribution in [1.82, 2.24) is 9.97 Å². The van der Waals surface area contributed by atoms with Crippen LogP contribution in [0.2, 0.25) is 0 Å². The molecule has 5 aromatic rings. The molecular formula is C26H21N3O5S2. The average Bonchev–Trinajstić information content (AvgIpc) is 3.28. The molecule has 0 fully saturated rings. The normalized spacial score (nSPS) is 11.5. The van der Waals surface area contributed by atoms with Crippen LogP contribution in [-0.4, -0.2) is 44.8 Å². The van der Waals surface area contributed by atoms with Gasteiger partial charge >= 0.3 is 0 Å². The number of fused-ring (bicyclic) bond motifs is 2. The monoisotopic (exact) mass is 519 g/mol. The van der Waals surface area contributed by atoms with Crippen molar-refractivity contribution in [2.75, 3.05) is 25.8 Å². The molecule has 0 aliphatic carbocycles. The van der Waals surface area contributed by atoms with Crippen LogP contribution in [0.5, 0.6) is 11.5 Å². The Labute approximate surface area is 211 Å². The number of benzene rings is 3. The number of anilines is 1. The minimum absolute atomic E-state index is 0.205. The molecule has 0 spiro atoms. The fourth-order valence-electron chi connectivity index (χ4n) is 3.86. The molecule has 36 heavy (non-hydrogen) atoms. The molecule has 8 nitrogen and oxygen atoms in total. The highest BCUT2D eigenvalue weighted by atomic mass is 32.2. The van der Waals surface area contributed by atoms with Crippen LogP contribution < -0.4 is 14.8 Å². The standard InChI is InChI=1S/C26H21N3O5S2/c1-33-22-11-8-15(12-23(22)34-2)21-14-18(17-6-4-5-7-19(17)27-21)25(30)29-26-28-20-10-9-16(36(3,31)32)13-24(20)35-26/h4-14H,1-3H3,(H,28,29,30). The first-order valence-corrected chi connectivity index (χ1v) is 13.5. The highest BCUT2D eigenvalue weighted by Gasteiger charge is 2.18. The second kappa shape index (κ2) is 9.21. The maximum Gasteiger partial charge on any atom is 0.258 e. The molecule has 2 aromatic heterocycles. The molecule has 1 N–H and O–H groups in total. The second-order valence-electron chi connectivity index (χ2n) is 8.02. The molecule has 0 saturated heterocycles. The molecule has 0 aliphatic heterocycles. The van der Waals surface area contributed by atoms with Crippen LogP contribution in [0.15, 0.2) is 71.6 Å². The summed E-state index contributed by atoms with van der Waals surface area (Å²) in [6.07, 6.45) is 1.16. The van der Waals surface area contributed by atoms with Gasteiger partial charge in [-0.15, -0.1) is 0 Å². The first-order valence-electron chi connectivity index (χ1n) is 10.8. The molecule has 2 heterocycles. The van der Waals surface area contributed by atoms with Gasteiger partial charge in [-0.1, -0.05) is 29.5 Å². The summed E-state index contributed by atoms with van der Waals surface area (Å²) in [5.41, 5.74) is 3.06. The van der Waals surface area contributed by atoms with Crippen molar-refractivity contribution >= 4 is 53.3 Å². The van der Waals surface area contributed by atoms with Gasteiger partial charge in [-0.2, -0.15) is 0 Å². The molecule has 0 radical (unpaired) electrons. The fraction of sp³-hybridized carbons (Fsp3) is 0.115. The molecule has 10 heteroatoms. The number of nitrogens with zero attached hydrogens (tertiary/aromatic N) is 2. The number of hydrogen-bond acceptors (Lipinski definition) is 8. The number of hydrogen-bond donors (Lipinski definition) is 1. The highest BCUT2D eigenvalue weighted by molar-refractivity contribution is 7.90. The van der Waals surface area contributed by atoms with Gasteiger partial charge < -0.3 is 9.47 Å². The number of ether oxygens (including phenoxy) is 2. The Kier molecular flexibility index (Phi) is 6.07. The summed E-state index contributed by atoms with van der Waals surface area (Å²) in [7, 11) is -0.220. The van der Waals surface area contributed by atoms with E-state index in [4.69, 9.17) is 14.5 Å². The second-order valence-corrected chi connectivity index (χ2v) is 11.1. The number of carbonyl (C=O) groups is 1. The van der Waals surface area contributed by atoms with E-state index in [0.29, 0.717) is 49.0 Å². The van der Waals surface area contributed by atoms with Crippen molar-refractivity contribution < 1.29 is 22.7 Å². The molecule has 0 saturated carbocycles. The Morgan fingerprint density at radius 2 is 1.67 bits per heavy atom. The predicted molar refractivity (Wildman–Crippen MR) is 141 cm³/mol. The summed E-state index contributed by atoms with van der Waals surface area (Å²) in [4.78, 5) is 22.8. The zero-order chi connectivity index (χ0) is 25.4. The van der Waals surface area contributed by atoms with Gasteiger partial charge in [0.25, 0.3) is 5.91 Å². The topological polar surface area (TPSA) is 107 Å². The highest BCUT2D eigenvalue weighted by Crippen LogP contribution is 2.34. The third kappa shape index (κ3) is 4.48. The lowest BCUT2D eigenvalue weighted by Gasteiger charge is -2.12. The van der Waals surface area contributed by atoms with Gasteiger partial charge in [0.05, 0.1) is 46.1 Å². The van der Waals surface area contributed by atoms with Crippen LogP contribution in [0, 0.1) is 0 Å². The Balaban J connectivity index is 1.55. The number of carbonyl (C=O) groups excluding carboxylic acids is 1. The van der Waals surface area contributed by atoms with E-state index >= 15 is 0 Å². The van der Waals surface area contributed by atoms with E-state index in [1.165, 1.54) is 17.4 Å². The van der Waals surface area contributed by atoms with Crippen molar-refractivity contribution in [1.29, 1.82) is 0 Å². The summed E-state index contributed by atoms with van der Waals surface area (Å²) in [5, 5.41) is 3.93. The molecule has 5 rings (SSSR count). The summed E-state index contributed by atoms with van der Waals surface area (Å²) in [6.45, 7) is 0. The number of aromatic nitrogens is 2. The Morgan fingerprint density at radius 3 is 2.42 bits per heavy atom. The summed E-state index contributed by atoms with van der Waals surface area (Å²) in [6, 6.07) is 19.3. The number of pyridine rings is 1. The number of amides is 1. The molecule has 1 amide bonds. The van der Waals surface area contributed by atoms with Gasteiger partial charge in [0.15, 0.2) is 26.5 Å². The van der Waals surface area contributed by atoms with Crippen LogP contribution in [0.3, 0.4) is 0 Å². The van der Waals surface area contributed by atoms with Crippen molar-refractivity contribution in [2.45, 2.75) is 4.90 Å². The average molecular weight is 520 g/mol. The smallest absolute Gasteiger partial charge is 0.258 e. The quantitative estimate of drug-likeness (QED) is 0.329. The molecule has 0 unspecified atom stereocenters. The van der Waals surface area contributed by atoms with E-state index in [2.05, 4.69) is 10.3 Å². The van der Waals surface area contributed by atoms with Crippen molar-refractivity contribution in [2.24, 2.45) is 0 Å². The predicted octanol–water partition coefficient (Wildman–Crippen LogP) is 5.18. The van der Waals surface area contributed by atoms with Gasteiger partial charge in [-0.05, 0) is 48.5 Å². The van der Waals surface area contributed by atoms with E-state index in [0.717, 1.165) is 11.8 Å². The number of para-hydroxylation sites is 1. The lowest BCUT2D eigenvalue weighted by atomic mass is 10.0. The van der Waals surface area contributed by atoms with Gasteiger partial charge in [-0.3, -0.25) is 10.1 Å². The van der Waals surface area contributed by atoms with Gasteiger partial charge in [0, 0.05) is 17.2 Å². The van der Waals surface area contributed by atoms with Gasteiger partial charge in [-0.25, -0.2) is 18.4 Å². The number of rotatable bonds is 6. The first kappa shape index (κ1) is 23.7. The lowest BCUT2D eigenvalue weighted by molar-refractivity contribution is 0.102. The molecule has 0 bridgehead atoms. The van der Waals surface area contributed by atoms with Crippen LogP contribution in [0.4, 0.5) is 5.13 Å². The van der Waals surface area contributed by atoms with E-state index in [9.17, 15) is 13.2 Å². The fourth-order valence-corrected chi connectivity index (χ4v) is 5.48. The van der Waals surface area contributed by atoms with E-state index in [1.807, 2.05) is 36.4 Å². The lowest BCUT2D eigenvalue weighted by Crippen LogP contribution is -2.13. The summed E-state index contributed by atoms with van der Waals surface area (Å²) < 4.78 is 35.2. The van der Waals surface area contributed by atoms with Crippen LogP contribution in [0.1, 0.15) is 10.4 Å². The minimum Gasteiger partial charge on any atom is -0.493 e. The Morgan fingerprint density at radius 1 is 0.889 bits per heavy atom. The van der Waals surface area contributed by atoms with Gasteiger partial charge in [0.1, 0.15) is 0 Å². The first-order chi connectivity index (χ1) is 17.3. The minimum atomic E-state index is -3.35. The van der Waals surface area contributed by atoms with Gasteiger partial charge in [0.2, 0.25) is 0 Å². The number of thiazole rings is 1. The molecule has 3 aromatic carbocycles. The van der Waals surface area contributed by atoms with E-state index in [-0.39, 0.29) is 10.8 Å². The maximum atomic E-state index is 13.4. The Bertz CT molecular complexity index is 1750. The third-order valence-corrected chi connectivity index (χ3v) is 7.69. The van der Waals surface area contributed by atoms with Crippen molar-refractivity contribution in [3.05, 3.63) is 72.3 Å². The Hall–Kier alpha value is -4.02. The molecule has 182 valence electrons. The van der Waals surface area contributed by atoms with Crippen molar-refractivity contribution in [3.8, 4) is 22.8 Å². The zero-order valence-electron chi connectivity index (χ0n) is 19.6. The van der Waals surface area contributed by atoms with E-state index < -0.39 is 9.84 Å². The van der Waals surface area contributed by atoms with Crippen LogP contribution in [0.25, 0.3) is 32.4 Å². The van der Waals surface area contributed by atoms with Crippen LogP contribution >= 0.6 is 11.3 Å². The number of methoxy groups -OCH3 is 2. The zero-order valence-corrected chi connectivity index (χ0v) is 21.2. The molecule has 0 aliphatic rings.